The molecule has 0 amide bonds. The Labute approximate surface area is 116 Å². The Bertz CT molecular complexity index is 441. The molecular weight excluding hydrogens is 232 g/mol. The number of ether oxygens (including phenoxy) is 1. The number of methoxy groups -OCH3 is 1. The van der Waals surface area contributed by atoms with Gasteiger partial charge in [-0.25, -0.2) is 0 Å². The van der Waals surface area contributed by atoms with Crippen LogP contribution in [-0.4, -0.2) is 7.11 Å². The predicted molar refractivity (Wildman–Crippen MR) is 77.3 cm³/mol. The van der Waals surface area contributed by atoms with Crippen LogP contribution in [0.4, 0.5) is 0 Å². The van der Waals surface area contributed by atoms with Crippen molar-refractivity contribution in [2.75, 3.05) is 7.11 Å². The number of hydrogen-bond donors (Lipinski definition) is 0. The van der Waals surface area contributed by atoms with Gasteiger partial charge >= 0.3 is 0 Å². The maximum Gasteiger partial charge on any atom is 0.119 e. The lowest BCUT2D eigenvalue weighted by Crippen LogP contribution is -2.47. The second-order valence-corrected chi connectivity index (χ2v) is 7.45. The molecule has 0 spiro atoms. The summed E-state index contributed by atoms with van der Waals surface area (Å²) in [5.74, 6) is 4.17. The summed E-state index contributed by atoms with van der Waals surface area (Å²) >= 11 is 0. The van der Waals surface area contributed by atoms with E-state index in [9.17, 15) is 0 Å². The van der Waals surface area contributed by atoms with Gasteiger partial charge in [-0.3, -0.25) is 0 Å². The quantitative estimate of drug-likeness (QED) is 0.776. The van der Waals surface area contributed by atoms with Crippen LogP contribution in [0.1, 0.15) is 44.1 Å². The van der Waals surface area contributed by atoms with E-state index in [1.54, 1.807) is 7.11 Å². The van der Waals surface area contributed by atoms with Gasteiger partial charge in [0.15, 0.2) is 0 Å². The molecule has 4 fully saturated rings. The fourth-order valence-electron chi connectivity index (χ4n) is 5.72. The van der Waals surface area contributed by atoms with Crippen LogP contribution >= 0.6 is 0 Å². The van der Waals surface area contributed by atoms with E-state index in [-0.39, 0.29) is 0 Å². The zero-order valence-electron chi connectivity index (χ0n) is 11.9. The van der Waals surface area contributed by atoms with E-state index in [2.05, 4.69) is 24.3 Å². The van der Waals surface area contributed by atoms with Crippen LogP contribution in [0.25, 0.3) is 0 Å². The molecule has 4 aliphatic carbocycles. The molecule has 4 bridgehead atoms. The summed E-state index contributed by atoms with van der Waals surface area (Å²) in [5.41, 5.74) is 2.13. The van der Waals surface area contributed by atoms with Crippen LogP contribution in [-0.2, 0) is 6.42 Å². The van der Waals surface area contributed by atoms with Crippen molar-refractivity contribution in [3.8, 4) is 5.75 Å². The molecule has 102 valence electrons. The summed E-state index contributed by atoms with van der Waals surface area (Å²) in [5, 5.41) is 0. The fourth-order valence-corrected chi connectivity index (χ4v) is 5.72. The summed E-state index contributed by atoms with van der Waals surface area (Å²) in [4.78, 5) is 0. The molecule has 0 aliphatic heterocycles. The number of rotatable bonds is 3. The van der Waals surface area contributed by atoms with E-state index in [0.29, 0.717) is 5.41 Å². The van der Waals surface area contributed by atoms with E-state index in [0.717, 1.165) is 23.5 Å². The molecule has 4 saturated carbocycles. The lowest BCUT2D eigenvalue weighted by Gasteiger charge is -2.57. The molecule has 0 aromatic heterocycles. The molecule has 1 heteroatoms. The van der Waals surface area contributed by atoms with Crippen LogP contribution in [0, 0.1) is 23.2 Å². The molecule has 0 atom stereocenters. The summed E-state index contributed by atoms with van der Waals surface area (Å²) in [6.45, 7) is 0. The van der Waals surface area contributed by atoms with Gasteiger partial charge in [-0.15, -0.1) is 0 Å². The first-order valence-corrected chi connectivity index (χ1v) is 7.88. The van der Waals surface area contributed by atoms with E-state index in [1.165, 1.54) is 50.5 Å². The highest BCUT2D eigenvalue weighted by Crippen LogP contribution is 2.61. The van der Waals surface area contributed by atoms with Gasteiger partial charge < -0.3 is 4.74 Å². The maximum atomic E-state index is 5.38. The molecule has 1 aromatic rings. The SMILES string of the molecule is COc1cccc(CC23CC4CC(CC(C4)C2)C3)c1. The van der Waals surface area contributed by atoms with E-state index in [4.69, 9.17) is 4.74 Å². The topological polar surface area (TPSA) is 9.23 Å². The smallest absolute Gasteiger partial charge is 0.119 e. The first-order valence-electron chi connectivity index (χ1n) is 7.88. The minimum atomic E-state index is 0.640. The first-order chi connectivity index (χ1) is 9.25. The van der Waals surface area contributed by atoms with Gasteiger partial charge in [-0.2, -0.15) is 0 Å². The standard InChI is InChI=1S/C18H24O/c1-19-17-4-2-3-13(8-17)9-18-10-14-5-15(11-18)7-16(6-14)12-18/h2-4,8,14-16H,5-7,9-12H2,1H3. The second-order valence-electron chi connectivity index (χ2n) is 7.45. The molecule has 4 aliphatic rings. The van der Waals surface area contributed by atoms with Crippen molar-refractivity contribution in [2.24, 2.45) is 23.2 Å². The summed E-state index contributed by atoms with van der Waals surface area (Å²) < 4.78 is 5.38. The van der Waals surface area contributed by atoms with Crippen molar-refractivity contribution in [2.45, 2.75) is 44.9 Å². The van der Waals surface area contributed by atoms with Crippen LogP contribution in [0.2, 0.25) is 0 Å². The van der Waals surface area contributed by atoms with Crippen LogP contribution in [0.3, 0.4) is 0 Å². The Hall–Kier alpha value is -0.980. The summed E-state index contributed by atoms with van der Waals surface area (Å²) in [6, 6.07) is 8.75. The Morgan fingerprint density at radius 1 is 1.05 bits per heavy atom. The Morgan fingerprint density at radius 3 is 2.26 bits per heavy atom. The van der Waals surface area contributed by atoms with Crippen molar-refractivity contribution in [1.29, 1.82) is 0 Å². The third-order valence-corrected chi connectivity index (χ3v) is 5.88. The van der Waals surface area contributed by atoms with Gasteiger partial charge in [0, 0.05) is 0 Å². The molecule has 1 nitrogen and oxygen atoms in total. The van der Waals surface area contributed by atoms with E-state index in [1.807, 2.05) is 0 Å². The minimum absolute atomic E-state index is 0.640. The third-order valence-electron chi connectivity index (χ3n) is 5.88. The Balaban J connectivity index is 1.58. The van der Waals surface area contributed by atoms with Gasteiger partial charge in [-0.05, 0) is 85.8 Å². The largest absolute Gasteiger partial charge is 0.497 e. The van der Waals surface area contributed by atoms with Gasteiger partial charge in [0.25, 0.3) is 0 Å². The molecule has 0 N–H and O–H groups in total. The van der Waals surface area contributed by atoms with Crippen molar-refractivity contribution in [3.05, 3.63) is 29.8 Å². The monoisotopic (exact) mass is 256 g/mol. The summed E-state index contributed by atoms with van der Waals surface area (Å²) in [6.07, 6.45) is 10.4. The molecule has 0 unspecified atom stereocenters. The van der Waals surface area contributed by atoms with Gasteiger partial charge in [0.2, 0.25) is 0 Å². The lowest BCUT2D eigenvalue weighted by molar-refractivity contribution is -0.0521. The van der Waals surface area contributed by atoms with Gasteiger partial charge in [0.05, 0.1) is 7.11 Å². The highest BCUT2D eigenvalue weighted by Gasteiger charge is 2.50. The highest BCUT2D eigenvalue weighted by atomic mass is 16.5. The fraction of sp³-hybridized carbons (Fsp3) is 0.667. The molecule has 1 aromatic carbocycles. The normalized spacial score (nSPS) is 39.5. The minimum Gasteiger partial charge on any atom is -0.497 e. The van der Waals surface area contributed by atoms with Crippen molar-refractivity contribution < 1.29 is 4.74 Å². The molecule has 5 rings (SSSR count). The predicted octanol–water partition coefficient (Wildman–Crippen LogP) is 4.45. The van der Waals surface area contributed by atoms with Crippen molar-refractivity contribution in [1.82, 2.24) is 0 Å². The Morgan fingerprint density at radius 2 is 1.68 bits per heavy atom. The van der Waals surface area contributed by atoms with E-state index >= 15 is 0 Å². The third kappa shape index (κ3) is 2.07. The molecular formula is C18H24O. The van der Waals surface area contributed by atoms with Crippen LogP contribution < -0.4 is 4.74 Å². The average Bonchev–Trinajstić information content (AvgIpc) is 2.36. The van der Waals surface area contributed by atoms with E-state index < -0.39 is 0 Å². The molecule has 0 radical (unpaired) electrons. The van der Waals surface area contributed by atoms with Crippen LogP contribution in [0.15, 0.2) is 24.3 Å². The molecule has 0 heterocycles. The van der Waals surface area contributed by atoms with Gasteiger partial charge in [0.1, 0.15) is 5.75 Å². The lowest BCUT2D eigenvalue weighted by atomic mass is 9.48. The van der Waals surface area contributed by atoms with Gasteiger partial charge in [-0.1, -0.05) is 12.1 Å². The second kappa shape index (κ2) is 4.26. The molecule has 0 saturated heterocycles. The zero-order chi connectivity index (χ0) is 12.9. The zero-order valence-corrected chi connectivity index (χ0v) is 11.9. The number of benzene rings is 1. The average molecular weight is 256 g/mol. The number of hydrogen-bond acceptors (Lipinski definition) is 1. The highest BCUT2D eigenvalue weighted by molar-refractivity contribution is 5.29. The Kier molecular flexibility index (Phi) is 2.65. The van der Waals surface area contributed by atoms with Crippen molar-refractivity contribution >= 4 is 0 Å². The molecule has 19 heavy (non-hydrogen) atoms. The van der Waals surface area contributed by atoms with Crippen molar-refractivity contribution in [3.63, 3.8) is 0 Å². The maximum absolute atomic E-state index is 5.38. The first kappa shape index (κ1) is 11.8. The summed E-state index contributed by atoms with van der Waals surface area (Å²) in [7, 11) is 1.77. The van der Waals surface area contributed by atoms with Crippen LogP contribution in [0.5, 0.6) is 5.75 Å².